The molecule has 0 spiro atoms. The van der Waals surface area contributed by atoms with Gasteiger partial charge in [0.05, 0.1) is 5.56 Å². The Kier molecular flexibility index (Phi) is 7.87. The van der Waals surface area contributed by atoms with Gasteiger partial charge in [-0.15, -0.1) is 24.8 Å². The number of rotatable bonds is 3. The van der Waals surface area contributed by atoms with Crippen LogP contribution in [0.15, 0.2) is 48.7 Å². The van der Waals surface area contributed by atoms with Crippen LogP contribution >= 0.6 is 24.8 Å². The van der Waals surface area contributed by atoms with Gasteiger partial charge in [0.2, 0.25) is 5.88 Å². The molecule has 142 valence electrons. The van der Waals surface area contributed by atoms with Crippen molar-refractivity contribution in [3.63, 3.8) is 0 Å². The number of benzene rings is 1. The molecule has 5 nitrogen and oxygen atoms in total. The van der Waals surface area contributed by atoms with Gasteiger partial charge in [0.1, 0.15) is 5.75 Å². The van der Waals surface area contributed by atoms with E-state index in [-0.39, 0.29) is 42.2 Å². The van der Waals surface area contributed by atoms with Gasteiger partial charge in [0.25, 0.3) is 5.91 Å². The molecular formula is C19H25Cl2N3O2. The Morgan fingerprint density at radius 2 is 1.88 bits per heavy atom. The fourth-order valence-corrected chi connectivity index (χ4v) is 2.91. The summed E-state index contributed by atoms with van der Waals surface area (Å²) < 4.78 is 5.65. The quantitative estimate of drug-likeness (QED) is 0.851. The summed E-state index contributed by atoms with van der Waals surface area (Å²) in [4.78, 5) is 18.8. The van der Waals surface area contributed by atoms with Crippen LogP contribution in [-0.2, 0) is 0 Å². The van der Waals surface area contributed by atoms with Crippen molar-refractivity contribution in [2.75, 3.05) is 13.1 Å². The zero-order valence-electron chi connectivity index (χ0n) is 14.9. The van der Waals surface area contributed by atoms with Crippen molar-refractivity contribution < 1.29 is 9.53 Å². The van der Waals surface area contributed by atoms with Gasteiger partial charge >= 0.3 is 0 Å². The summed E-state index contributed by atoms with van der Waals surface area (Å²) in [5.74, 6) is 1.18. The van der Waals surface area contributed by atoms with E-state index >= 15 is 0 Å². The molecule has 1 unspecified atom stereocenters. The minimum atomic E-state index is -0.0717. The number of para-hydroxylation sites is 1. The van der Waals surface area contributed by atoms with Crippen LogP contribution in [0, 0.1) is 5.41 Å². The number of hydrogen-bond donors (Lipinski definition) is 1. The molecule has 1 saturated heterocycles. The highest BCUT2D eigenvalue weighted by Crippen LogP contribution is 2.28. The lowest BCUT2D eigenvalue weighted by Crippen LogP contribution is -2.54. The van der Waals surface area contributed by atoms with E-state index in [2.05, 4.69) is 18.8 Å². The van der Waals surface area contributed by atoms with Crippen molar-refractivity contribution in [1.82, 2.24) is 9.88 Å². The average molecular weight is 398 g/mol. The van der Waals surface area contributed by atoms with E-state index in [1.807, 2.05) is 35.2 Å². The maximum atomic E-state index is 12.7. The third kappa shape index (κ3) is 5.10. The third-order valence-corrected chi connectivity index (χ3v) is 4.55. The highest BCUT2D eigenvalue weighted by atomic mass is 35.5. The first-order chi connectivity index (χ1) is 11.5. The van der Waals surface area contributed by atoms with Gasteiger partial charge in [-0.3, -0.25) is 4.79 Å². The van der Waals surface area contributed by atoms with Crippen LogP contribution in [0.1, 0.15) is 30.6 Å². The fraction of sp³-hybridized carbons (Fsp3) is 0.368. The molecule has 1 fully saturated rings. The topological polar surface area (TPSA) is 68.5 Å². The molecule has 2 N–H and O–H groups in total. The summed E-state index contributed by atoms with van der Waals surface area (Å²) in [5.41, 5.74) is 6.64. The van der Waals surface area contributed by atoms with Crippen LogP contribution in [0.25, 0.3) is 0 Å². The van der Waals surface area contributed by atoms with Gasteiger partial charge in [-0.25, -0.2) is 4.98 Å². The number of piperidine rings is 1. The van der Waals surface area contributed by atoms with Crippen molar-refractivity contribution in [3.05, 3.63) is 54.2 Å². The van der Waals surface area contributed by atoms with Crippen molar-refractivity contribution in [3.8, 4) is 11.6 Å². The van der Waals surface area contributed by atoms with Crippen molar-refractivity contribution in [2.24, 2.45) is 11.1 Å². The lowest BCUT2D eigenvalue weighted by Gasteiger charge is -2.42. The number of halogens is 2. The van der Waals surface area contributed by atoms with E-state index in [9.17, 15) is 4.79 Å². The first-order valence-electron chi connectivity index (χ1n) is 8.19. The molecule has 2 heterocycles. The maximum absolute atomic E-state index is 12.7. The Morgan fingerprint density at radius 1 is 1.19 bits per heavy atom. The summed E-state index contributed by atoms with van der Waals surface area (Å²) in [7, 11) is 0. The van der Waals surface area contributed by atoms with Gasteiger partial charge in [-0.05, 0) is 30.0 Å². The second-order valence-electron chi connectivity index (χ2n) is 6.91. The minimum Gasteiger partial charge on any atom is -0.439 e. The van der Waals surface area contributed by atoms with Gasteiger partial charge in [0.15, 0.2) is 0 Å². The first-order valence-corrected chi connectivity index (χ1v) is 8.19. The number of ether oxygens (including phenoxy) is 1. The maximum Gasteiger partial charge on any atom is 0.255 e. The average Bonchev–Trinajstić information content (AvgIpc) is 2.58. The third-order valence-electron chi connectivity index (χ3n) is 4.55. The van der Waals surface area contributed by atoms with Gasteiger partial charge < -0.3 is 15.4 Å². The number of nitrogens with two attached hydrogens (primary N) is 1. The number of likely N-dealkylation sites (tertiary alicyclic amines) is 1. The SMILES string of the molecule is CC1(C)CN(C(=O)c2ccc(Oc3ccccc3)nc2)CCC1N.Cl.Cl. The second-order valence-corrected chi connectivity index (χ2v) is 6.91. The Labute approximate surface area is 166 Å². The van der Waals surface area contributed by atoms with E-state index in [1.165, 1.54) is 0 Å². The summed E-state index contributed by atoms with van der Waals surface area (Å²) in [6, 6.07) is 13.1. The number of amides is 1. The lowest BCUT2D eigenvalue weighted by molar-refractivity contribution is 0.0532. The molecule has 1 aliphatic rings. The van der Waals surface area contributed by atoms with Crippen molar-refractivity contribution in [1.29, 1.82) is 0 Å². The number of carbonyl (C=O) groups is 1. The van der Waals surface area contributed by atoms with E-state index in [0.717, 1.165) is 12.2 Å². The van der Waals surface area contributed by atoms with E-state index in [1.54, 1.807) is 18.3 Å². The largest absolute Gasteiger partial charge is 0.439 e. The Bertz CT molecular complexity index is 708. The molecule has 1 aromatic carbocycles. The summed E-state index contributed by atoms with van der Waals surface area (Å²) in [6.07, 6.45) is 2.39. The molecule has 0 saturated carbocycles. The molecule has 0 bridgehead atoms. The molecule has 1 aliphatic heterocycles. The highest BCUT2D eigenvalue weighted by molar-refractivity contribution is 5.94. The molecular weight excluding hydrogens is 373 g/mol. The van der Waals surface area contributed by atoms with Gasteiger partial charge in [-0.2, -0.15) is 0 Å². The number of nitrogens with zero attached hydrogens (tertiary/aromatic N) is 2. The molecule has 1 atom stereocenters. The summed E-state index contributed by atoms with van der Waals surface area (Å²) in [5, 5.41) is 0. The van der Waals surface area contributed by atoms with Crippen LogP contribution in [0.5, 0.6) is 11.6 Å². The highest BCUT2D eigenvalue weighted by Gasteiger charge is 2.35. The summed E-state index contributed by atoms with van der Waals surface area (Å²) >= 11 is 0. The van der Waals surface area contributed by atoms with Crippen LogP contribution in [-0.4, -0.2) is 34.9 Å². The van der Waals surface area contributed by atoms with Crippen molar-refractivity contribution >= 4 is 30.7 Å². The minimum absolute atomic E-state index is 0. The van der Waals surface area contributed by atoms with E-state index in [0.29, 0.717) is 24.5 Å². The number of pyridine rings is 1. The first kappa shape index (κ1) is 22.2. The number of carbonyl (C=O) groups excluding carboxylic acids is 1. The van der Waals surface area contributed by atoms with Crippen LogP contribution in [0.3, 0.4) is 0 Å². The van der Waals surface area contributed by atoms with Crippen LogP contribution in [0.2, 0.25) is 0 Å². The Hall–Kier alpha value is -1.82. The Morgan fingerprint density at radius 3 is 2.46 bits per heavy atom. The molecule has 1 aromatic heterocycles. The zero-order chi connectivity index (χ0) is 17.2. The monoisotopic (exact) mass is 397 g/mol. The normalized spacial score (nSPS) is 18.3. The molecule has 26 heavy (non-hydrogen) atoms. The molecule has 3 rings (SSSR count). The molecule has 7 heteroatoms. The van der Waals surface area contributed by atoms with E-state index in [4.69, 9.17) is 10.5 Å². The molecule has 0 radical (unpaired) electrons. The van der Waals surface area contributed by atoms with Crippen LogP contribution < -0.4 is 10.5 Å². The number of aromatic nitrogens is 1. The molecule has 1 amide bonds. The molecule has 2 aromatic rings. The summed E-state index contributed by atoms with van der Waals surface area (Å²) in [6.45, 7) is 5.55. The number of hydrogen-bond acceptors (Lipinski definition) is 4. The standard InChI is InChI=1S/C19H23N3O2.2ClH/c1-19(2)13-22(11-10-16(19)20)18(23)14-8-9-17(21-12-14)24-15-6-4-3-5-7-15;;/h3-9,12,16H,10-11,13,20H2,1-2H3;2*1H. The smallest absolute Gasteiger partial charge is 0.255 e. The predicted molar refractivity (Wildman–Crippen MR) is 108 cm³/mol. The predicted octanol–water partition coefficient (Wildman–Crippen LogP) is 3.92. The van der Waals surface area contributed by atoms with Crippen LogP contribution in [0.4, 0.5) is 0 Å². The zero-order valence-corrected chi connectivity index (χ0v) is 16.6. The lowest BCUT2D eigenvalue weighted by atomic mass is 9.79. The van der Waals surface area contributed by atoms with Gasteiger partial charge in [-0.1, -0.05) is 32.0 Å². The van der Waals surface area contributed by atoms with Crippen molar-refractivity contribution in [2.45, 2.75) is 26.3 Å². The second kappa shape index (κ2) is 9.21. The van der Waals surface area contributed by atoms with Gasteiger partial charge in [0, 0.05) is 31.4 Å². The van der Waals surface area contributed by atoms with E-state index < -0.39 is 0 Å². The fourth-order valence-electron chi connectivity index (χ4n) is 2.91. The Balaban J connectivity index is 0.00000169. The molecule has 0 aliphatic carbocycles.